The molecule has 2 heterocycles. The molecule has 44 heavy (non-hydrogen) atoms. The van der Waals surface area contributed by atoms with Crippen LogP contribution < -0.4 is 14.8 Å². The van der Waals surface area contributed by atoms with Gasteiger partial charge in [-0.25, -0.2) is 9.59 Å². The Hall–Kier alpha value is -4.29. The zero-order valence-electron chi connectivity index (χ0n) is 24.0. The lowest BCUT2D eigenvalue weighted by Gasteiger charge is -2.38. The van der Waals surface area contributed by atoms with Crippen LogP contribution in [0.2, 0.25) is 0 Å². The largest absolute Gasteiger partial charge is 0.491 e. The lowest BCUT2D eigenvalue weighted by atomic mass is 9.99. The number of nitrogens with zero attached hydrogens (tertiary/aromatic N) is 2. The average molecular weight is 626 g/mol. The lowest BCUT2D eigenvalue weighted by Crippen LogP contribution is -2.61. The Morgan fingerprint density at radius 1 is 1.00 bits per heavy atom. The van der Waals surface area contributed by atoms with Gasteiger partial charge >= 0.3 is 12.1 Å². The van der Waals surface area contributed by atoms with Gasteiger partial charge < -0.3 is 54.3 Å². The zero-order valence-corrected chi connectivity index (χ0v) is 24.0. The molecule has 0 bridgehead atoms. The maximum absolute atomic E-state index is 12.0. The Kier molecular flexibility index (Phi) is 12.4. The van der Waals surface area contributed by atoms with Crippen LogP contribution in [0.1, 0.15) is 12.0 Å². The fourth-order valence-electron chi connectivity index (χ4n) is 3.94. The molecule has 4 amide bonds. The summed E-state index contributed by atoms with van der Waals surface area (Å²) in [6, 6.07) is 4.28. The number of ether oxygens (including phenoxy) is 5. The van der Waals surface area contributed by atoms with Crippen LogP contribution in [0, 0.1) is 0 Å². The molecule has 1 aromatic carbocycles. The minimum atomic E-state index is -1.88. The summed E-state index contributed by atoms with van der Waals surface area (Å²) < 4.78 is 27.1. The quantitative estimate of drug-likeness (QED) is 0.105. The van der Waals surface area contributed by atoms with Crippen LogP contribution in [0.25, 0.3) is 0 Å². The second-order valence-electron chi connectivity index (χ2n) is 9.79. The van der Waals surface area contributed by atoms with E-state index in [2.05, 4.69) is 5.32 Å². The molecular formula is C27H35N3O14. The molecule has 3 rings (SSSR count). The van der Waals surface area contributed by atoms with E-state index >= 15 is 0 Å². The van der Waals surface area contributed by atoms with Crippen LogP contribution in [0.3, 0.4) is 0 Å². The van der Waals surface area contributed by atoms with Crippen LogP contribution in [0.4, 0.5) is 4.79 Å². The molecule has 1 aromatic rings. The first-order valence-corrected chi connectivity index (χ1v) is 13.5. The predicted octanol–water partition coefficient (Wildman–Crippen LogP) is -2.02. The molecule has 0 radical (unpaired) electrons. The highest BCUT2D eigenvalue weighted by molar-refractivity contribution is 6.13. The molecule has 0 unspecified atom stereocenters. The van der Waals surface area contributed by atoms with Crippen LogP contribution >= 0.6 is 0 Å². The van der Waals surface area contributed by atoms with E-state index in [0.717, 1.165) is 17.1 Å². The Morgan fingerprint density at radius 2 is 1.70 bits per heavy atom. The van der Waals surface area contributed by atoms with Crippen molar-refractivity contribution in [1.29, 1.82) is 0 Å². The predicted molar refractivity (Wildman–Crippen MR) is 145 cm³/mol. The second kappa shape index (κ2) is 16.0. The Balaban J connectivity index is 1.51. The molecule has 17 heteroatoms. The molecule has 0 aromatic heterocycles. The third kappa shape index (κ3) is 9.35. The first-order valence-electron chi connectivity index (χ1n) is 13.5. The standard InChI is InChI=1S/C27H35N3O14/c1-29(2)27(39)42-14-15-3-4-16(43-26-23(36)21(34)22(35)24(44-26)25(37)38)13-17(15)41-12-11-40-10-8-28-18(31)7-9-30-19(32)5-6-20(30)33/h3-6,13,21-24,26,34-36H,7-12,14H2,1-2H3,(H,28,31)(H,37,38)/t21-,22-,23+,24-,26+/m0/s1. The maximum Gasteiger partial charge on any atom is 0.409 e. The molecule has 2 aliphatic heterocycles. The number of carbonyl (C=O) groups excluding carboxylic acids is 4. The number of amides is 4. The van der Waals surface area contributed by atoms with Crippen molar-refractivity contribution in [2.24, 2.45) is 0 Å². The summed E-state index contributed by atoms with van der Waals surface area (Å²) in [6.07, 6.45) is -7.39. The number of benzene rings is 1. The number of carboxylic acids is 1. The van der Waals surface area contributed by atoms with E-state index < -0.39 is 54.6 Å². The fourth-order valence-corrected chi connectivity index (χ4v) is 3.94. The summed E-state index contributed by atoms with van der Waals surface area (Å²) >= 11 is 0. The van der Waals surface area contributed by atoms with Gasteiger partial charge in [0, 0.05) is 57.4 Å². The Labute approximate surface area is 251 Å². The number of aliphatic hydroxyl groups is 3. The van der Waals surface area contributed by atoms with Gasteiger partial charge in [0.2, 0.25) is 12.2 Å². The number of aliphatic carboxylic acids is 1. The smallest absolute Gasteiger partial charge is 0.409 e. The average Bonchev–Trinajstić information content (AvgIpc) is 3.31. The molecule has 242 valence electrons. The highest BCUT2D eigenvalue weighted by atomic mass is 16.7. The van der Waals surface area contributed by atoms with E-state index in [1.54, 1.807) is 0 Å². The second-order valence-corrected chi connectivity index (χ2v) is 9.79. The van der Waals surface area contributed by atoms with E-state index in [0.29, 0.717) is 5.56 Å². The fraction of sp³-hybridized carbons (Fsp3) is 0.519. The normalized spacial score (nSPS) is 22.9. The van der Waals surface area contributed by atoms with Crippen LogP contribution in [-0.4, -0.2) is 138 Å². The molecule has 5 N–H and O–H groups in total. The first kappa shape index (κ1) is 34.2. The van der Waals surface area contributed by atoms with Crippen LogP contribution in [0.15, 0.2) is 30.4 Å². The van der Waals surface area contributed by atoms with E-state index in [1.165, 1.54) is 37.2 Å². The van der Waals surface area contributed by atoms with Gasteiger partial charge in [0.25, 0.3) is 11.8 Å². The number of hydrogen-bond donors (Lipinski definition) is 5. The van der Waals surface area contributed by atoms with Crippen LogP contribution in [-0.2, 0) is 40.0 Å². The molecule has 2 aliphatic rings. The van der Waals surface area contributed by atoms with Crippen molar-refractivity contribution in [3.63, 3.8) is 0 Å². The maximum atomic E-state index is 12.0. The van der Waals surface area contributed by atoms with Gasteiger partial charge in [-0.1, -0.05) is 0 Å². The minimum absolute atomic E-state index is 0.00670. The Morgan fingerprint density at radius 3 is 2.36 bits per heavy atom. The van der Waals surface area contributed by atoms with E-state index in [1.807, 2.05) is 0 Å². The number of hydrogen-bond acceptors (Lipinski definition) is 13. The molecule has 5 atom stereocenters. The van der Waals surface area contributed by atoms with Gasteiger partial charge in [0.05, 0.1) is 13.2 Å². The summed E-state index contributed by atoms with van der Waals surface area (Å²) in [5.41, 5.74) is 0.425. The van der Waals surface area contributed by atoms with Crippen molar-refractivity contribution in [1.82, 2.24) is 15.1 Å². The number of nitrogens with one attached hydrogen (secondary N) is 1. The van der Waals surface area contributed by atoms with Crippen molar-refractivity contribution in [2.75, 3.05) is 47.0 Å². The third-order valence-corrected chi connectivity index (χ3v) is 6.34. The molecule has 0 spiro atoms. The van der Waals surface area contributed by atoms with Crippen LogP contribution in [0.5, 0.6) is 11.5 Å². The van der Waals surface area contributed by atoms with Crippen molar-refractivity contribution < 1.29 is 68.1 Å². The number of rotatable bonds is 15. The number of aliphatic hydroxyl groups excluding tert-OH is 3. The van der Waals surface area contributed by atoms with Gasteiger partial charge in [-0.2, -0.15) is 0 Å². The van der Waals surface area contributed by atoms with E-state index in [-0.39, 0.29) is 63.3 Å². The number of carbonyl (C=O) groups is 5. The van der Waals surface area contributed by atoms with Gasteiger partial charge in [0.15, 0.2) is 6.10 Å². The topological polar surface area (TPSA) is 231 Å². The monoisotopic (exact) mass is 625 g/mol. The summed E-state index contributed by atoms with van der Waals surface area (Å²) in [5, 5.41) is 42.0. The molecule has 1 fully saturated rings. The van der Waals surface area contributed by atoms with Crippen molar-refractivity contribution in [2.45, 2.75) is 43.7 Å². The van der Waals surface area contributed by atoms with E-state index in [4.69, 9.17) is 23.7 Å². The first-order chi connectivity index (χ1) is 20.9. The van der Waals surface area contributed by atoms with Crippen molar-refractivity contribution >= 4 is 29.8 Å². The number of carboxylic acid groups (broad SMARTS) is 1. The summed E-state index contributed by atoms with van der Waals surface area (Å²) in [4.78, 5) is 60.5. The lowest BCUT2D eigenvalue weighted by molar-refractivity contribution is -0.271. The summed E-state index contributed by atoms with van der Waals surface area (Å²) in [5.74, 6) is -2.63. The number of imide groups is 1. The third-order valence-electron chi connectivity index (χ3n) is 6.34. The summed E-state index contributed by atoms with van der Waals surface area (Å²) in [6.45, 7) is 0.162. The molecule has 1 saturated heterocycles. The molecule has 17 nitrogen and oxygen atoms in total. The van der Waals surface area contributed by atoms with Gasteiger partial charge in [0.1, 0.15) is 43.0 Å². The summed E-state index contributed by atoms with van der Waals surface area (Å²) in [7, 11) is 3.02. The van der Waals surface area contributed by atoms with Gasteiger partial charge in [-0.05, 0) is 12.1 Å². The zero-order chi connectivity index (χ0) is 32.4. The molecule has 0 saturated carbocycles. The van der Waals surface area contributed by atoms with Gasteiger partial charge in [-0.3, -0.25) is 19.3 Å². The molecular weight excluding hydrogens is 590 g/mol. The van der Waals surface area contributed by atoms with E-state index in [9.17, 15) is 44.4 Å². The van der Waals surface area contributed by atoms with Gasteiger partial charge in [-0.15, -0.1) is 0 Å². The minimum Gasteiger partial charge on any atom is -0.491 e. The Bertz CT molecular complexity index is 1220. The molecule has 0 aliphatic carbocycles. The highest BCUT2D eigenvalue weighted by Crippen LogP contribution is 2.29. The van der Waals surface area contributed by atoms with Crippen molar-refractivity contribution in [3.05, 3.63) is 35.9 Å². The highest BCUT2D eigenvalue weighted by Gasteiger charge is 2.48. The van der Waals surface area contributed by atoms with Crippen molar-refractivity contribution in [3.8, 4) is 11.5 Å². The SMILES string of the molecule is CN(C)C(=O)OCc1ccc(O[C@@H]2O[C@H](C(=O)O)[C@@H](O)[C@H](O)[C@H]2O)cc1OCCOCCNC(=O)CCN1C(=O)C=CC1=O.